The molecule has 0 aromatic rings. The smallest absolute Gasteiger partial charge is 0.0189 e. The Kier molecular flexibility index (Phi) is 5.77. The first kappa shape index (κ1) is 14.0. The second kappa shape index (κ2) is 6.61. The number of nitrogens with zero attached hydrogens (tertiary/aromatic N) is 1. The van der Waals surface area contributed by atoms with Gasteiger partial charge in [0.05, 0.1) is 0 Å². The average Bonchev–Trinajstić information content (AvgIpc) is 2.37. The van der Waals surface area contributed by atoms with Crippen LogP contribution in [0.25, 0.3) is 0 Å². The van der Waals surface area contributed by atoms with Crippen molar-refractivity contribution >= 4 is 0 Å². The Balaban J connectivity index is 2.36. The molecule has 2 heteroatoms. The Morgan fingerprint density at radius 1 is 1.12 bits per heavy atom. The minimum atomic E-state index is 0.665. The first-order chi connectivity index (χ1) is 7.69. The summed E-state index contributed by atoms with van der Waals surface area (Å²) in [6.07, 6.45) is 6.77. The zero-order chi connectivity index (χ0) is 12.0. The van der Waals surface area contributed by atoms with E-state index in [0.717, 1.165) is 0 Å². The Hall–Kier alpha value is -0.0800. The van der Waals surface area contributed by atoms with E-state index in [0.29, 0.717) is 11.5 Å². The van der Waals surface area contributed by atoms with Crippen LogP contribution >= 0.6 is 0 Å². The van der Waals surface area contributed by atoms with Gasteiger partial charge >= 0.3 is 0 Å². The molecule has 1 atom stereocenters. The molecule has 1 aliphatic heterocycles. The summed E-state index contributed by atoms with van der Waals surface area (Å²) in [6.45, 7) is 10.8. The van der Waals surface area contributed by atoms with E-state index >= 15 is 0 Å². The third-order valence-electron chi connectivity index (χ3n) is 4.80. The fraction of sp³-hybridized carbons (Fsp3) is 1.00. The first-order valence-corrected chi connectivity index (χ1v) is 7.09. The maximum Gasteiger partial charge on any atom is 0.0189 e. The van der Waals surface area contributed by atoms with Gasteiger partial charge in [0.15, 0.2) is 0 Å². The van der Waals surface area contributed by atoms with E-state index in [1.54, 1.807) is 0 Å². The molecule has 0 bridgehead atoms. The van der Waals surface area contributed by atoms with Gasteiger partial charge in [-0.3, -0.25) is 0 Å². The lowest BCUT2D eigenvalue weighted by molar-refractivity contribution is 0.0888. The van der Waals surface area contributed by atoms with Gasteiger partial charge in [-0.15, -0.1) is 0 Å². The van der Waals surface area contributed by atoms with Gasteiger partial charge in [-0.2, -0.15) is 0 Å². The molecule has 1 aliphatic rings. The summed E-state index contributed by atoms with van der Waals surface area (Å²) in [7, 11) is 2.08. The van der Waals surface area contributed by atoms with Gasteiger partial charge in [0.25, 0.3) is 0 Å². The molecule has 0 aromatic carbocycles. The Bertz CT molecular complexity index is 173. The highest BCUT2D eigenvalue weighted by Gasteiger charge is 2.31. The lowest BCUT2D eigenvalue weighted by atomic mass is 9.74. The van der Waals surface area contributed by atoms with E-state index in [4.69, 9.17) is 0 Å². The lowest BCUT2D eigenvalue weighted by Gasteiger charge is -2.42. The topological polar surface area (TPSA) is 15.3 Å². The number of rotatable bonds is 6. The minimum Gasteiger partial charge on any atom is -0.316 e. The van der Waals surface area contributed by atoms with Crippen LogP contribution in [0.3, 0.4) is 0 Å². The van der Waals surface area contributed by atoms with E-state index in [9.17, 15) is 0 Å². The van der Waals surface area contributed by atoms with Gasteiger partial charge in [-0.05, 0) is 44.8 Å². The third kappa shape index (κ3) is 3.46. The molecule has 1 unspecified atom stereocenters. The normalized spacial score (nSPS) is 23.2. The second-order valence-electron chi connectivity index (χ2n) is 5.40. The zero-order valence-corrected chi connectivity index (χ0v) is 11.7. The molecule has 96 valence electrons. The number of hydrogen-bond acceptors (Lipinski definition) is 2. The molecule has 0 aliphatic carbocycles. The summed E-state index contributed by atoms with van der Waals surface area (Å²) in [5.41, 5.74) is 0.665. The van der Waals surface area contributed by atoms with E-state index in [1.807, 2.05) is 0 Å². The van der Waals surface area contributed by atoms with Gasteiger partial charge in [0.1, 0.15) is 0 Å². The summed E-state index contributed by atoms with van der Waals surface area (Å²) in [4.78, 5) is 2.65. The van der Waals surface area contributed by atoms with Crippen molar-refractivity contribution in [3.8, 4) is 0 Å². The fourth-order valence-corrected chi connectivity index (χ4v) is 2.90. The van der Waals surface area contributed by atoms with Crippen molar-refractivity contribution in [1.29, 1.82) is 0 Å². The van der Waals surface area contributed by atoms with Crippen molar-refractivity contribution in [2.45, 2.75) is 58.9 Å². The molecule has 1 fully saturated rings. The van der Waals surface area contributed by atoms with Crippen LogP contribution in [0.5, 0.6) is 0 Å². The number of piperidine rings is 1. The number of likely N-dealkylation sites (tertiary alicyclic amines) is 1. The molecular weight excluding hydrogens is 196 g/mol. The maximum absolute atomic E-state index is 3.41. The molecule has 1 saturated heterocycles. The maximum atomic E-state index is 3.41. The standard InChI is InChI=1S/C14H30N2/c1-5-13(15-4)12-16-10-8-14(6-2,7-3)9-11-16/h13,15H,5-12H2,1-4H3. The molecule has 0 amide bonds. The average molecular weight is 226 g/mol. The highest BCUT2D eigenvalue weighted by Crippen LogP contribution is 2.37. The SMILES string of the molecule is CCC(CN1CCC(CC)(CC)CC1)NC. The largest absolute Gasteiger partial charge is 0.316 e. The quantitative estimate of drug-likeness (QED) is 0.749. The Morgan fingerprint density at radius 2 is 1.69 bits per heavy atom. The molecule has 2 nitrogen and oxygen atoms in total. The van der Waals surface area contributed by atoms with Crippen molar-refractivity contribution in [1.82, 2.24) is 10.2 Å². The van der Waals surface area contributed by atoms with Crippen molar-refractivity contribution in [2.75, 3.05) is 26.7 Å². The van der Waals surface area contributed by atoms with Crippen molar-refractivity contribution in [2.24, 2.45) is 5.41 Å². The molecule has 0 spiro atoms. The van der Waals surface area contributed by atoms with Crippen molar-refractivity contribution < 1.29 is 0 Å². The summed E-state index contributed by atoms with van der Waals surface area (Å²) < 4.78 is 0. The van der Waals surface area contributed by atoms with Crippen LogP contribution in [0.4, 0.5) is 0 Å². The van der Waals surface area contributed by atoms with Crippen LogP contribution in [0.1, 0.15) is 52.9 Å². The Morgan fingerprint density at radius 3 is 2.06 bits per heavy atom. The third-order valence-corrected chi connectivity index (χ3v) is 4.80. The molecule has 0 saturated carbocycles. The molecule has 1 rings (SSSR count). The molecule has 0 radical (unpaired) electrons. The summed E-state index contributed by atoms with van der Waals surface area (Å²) in [6, 6.07) is 0.677. The first-order valence-electron chi connectivity index (χ1n) is 7.09. The highest BCUT2D eigenvalue weighted by atomic mass is 15.2. The molecular formula is C14H30N2. The van der Waals surface area contributed by atoms with Crippen LogP contribution in [0.15, 0.2) is 0 Å². The predicted molar refractivity (Wildman–Crippen MR) is 71.8 cm³/mol. The number of nitrogens with one attached hydrogen (secondary N) is 1. The van der Waals surface area contributed by atoms with Crippen LogP contribution in [0.2, 0.25) is 0 Å². The second-order valence-corrected chi connectivity index (χ2v) is 5.40. The van der Waals surface area contributed by atoms with Crippen molar-refractivity contribution in [3.63, 3.8) is 0 Å². The highest BCUT2D eigenvalue weighted by molar-refractivity contribution is 4.85. The summed E-state index contributed by atoms with van der Waals surface area (Å²) in [5, 5.41) is 3.41. The molecule has 1 N–H and O–H groups in total. The molecule has 16 heavy (non-hydrogen) atoms. The van der Waals surface area contributed by atoms with Crippen LogP contribution in [-0.4, -0.2) is 37.6 Å². The zero-order valence-electron chi connectivity index (χ0n) is 11.7. The van der Waals surface area contributed by atoms with Gasteiger partial charge in [0.2, 0.25) is 0 Å². The monoisotopic (exact) mass is 226 g/mol. The molecule has 0 aromatic heterocycles. The summed E-state index contributed by atoms with van der Waals surface area (Å²) in [5.74, 6) is 0. The predicted octanol–water partition coefficient (Wildman–Crippen LogP) is 2.89. The van der Waals surface area contributed by atoms with Crippen LogP contribution < -0.4 is 5.32 Å². The lowest BCUT2D eigenvalue weighted by Crippen LogP contribution is -2.45. The minimum absolute atomic E-state index is 0.665. The summed E-state index contributed by atoms with van der Waals surface area (Å²) >= 11 is 0. The van der Waals surface area contributed by atoms with Gasteiger partial charge < -0.3 is 10.2 Å². The Labute approximate surface area is 102 Å². The number of hydrogen-bond donors (Lipinski definition) is 1. The van der Waals surface area contributed by atoms with Gasteiger partial charge in [-0.1, -0.05) is 33.6 Å². The number of likely N-dealkylation sites (N-methyl/N-ethyl adjacent to an activating group) is 1. The van der Waals surface area contributed by atoms with Crippen LogP contribution in [-0.2, 0) is 0 Å². The van der Waals surface area contributed by atoms with E-state index in [1.165, 1.54) is 51.7 Å². The van der Waals surface area contributed by atoms with Crippen LogP contribution in [0, 0.1) is 5.41 Å². The van der Waals surface area contributed by atoms with E-state index in [-0.39, 0.29) is 0 Å². The molecule has 1 heterocycles. The van der Waals surface area contributed by atoms with E-state index in [2.05, 4.69) is 38.0 Å². The fourth-order valence-electron chi connectivity index (χ4n) is 2.90. The van der Waals surface area contributed by atoms with E-state index < -0.39 is 0 Å². The van der Waals surface area contributed by atoms with Gasteiger partial charge in [0, 0.05) is 12.6 Å². The van der Waals surface area contributed by atoms with Crippen molar-refractivity contribution in [3.05, 3.63) is 0 Å². The van der Waals surface area contributed by atoms with Gasteiger partial charge in [-0.25, -0.2) is 0 Å².